The van der Waals surface area contributed by atoms with Crippen LogP contribution in [0.3, 0.4) is 0 Å². The van der Waals surface area contributed by atoms with Gasteiger partial charge < -0.3 is 10.4 Å². The summed E-state index contributed by atoms with van der Waals surface area (Å²) < 4.78 is 1.56. The fourth-order valence-corrected chi connectivity index (χ4v) is 3.08. The molecule has 1 aromatic carbocycles. The van der Waals surface area contributed by atoms with Crippen molar-refractivity contribution in [1.82, 2.24) is 19.7 Å². The maximum Gasteiger partial charge on any atom is 0.252 e. The molecule has 1 atom stereocenters. The molecule has 120 valence electrons. The summed E-state index contributed by atoms with van der Waals surface area (Å²) in [4.78, 5) is 20.6. The number of carbonyl (C=O) groups excluding carboxylic acids is 1. The second-order valence-electron chi connectivity index (χ2n) is 5.70. The topological polar surface area (TPSA) is 92.9 Å². The van der Waals surface area contributed by atoms with E-state index < -0.39 is 0 Å². The summed E-state index contributed by atoms with van der Waals surface area (Å²) in [5.41, 5.74) is 2.73. The van der Waals surface area contributed by atoms with E-state index in [2.05, 4.69) is 20.4 Å². The molecule has 0 radical (unpaired) electrons. The fraction of sp³-hybridized carbons (Fsp3) is 0.176. The van der Waals surface area contributed by atoms with Gasteiger partial charge in [-0.15, -0.1) is 0 Å². The van der Waals surface area contributed by atoms with Crippen molar-refractivity contribution < 1.29 is 9.90 Å². The van der Waals surface area contributed by atoms with Gasteiger partial charge in [0.05, 0.1) is 5.69 Å². The zero-order valence-corrected chi connectivity index (χ0v) is 13.0. The van der Waals surface area contributed by atoms with Crippen LogP contribution >= 0.6 is 0 Å². The monoisotopic (exact) mass is 321 g/mol. The van der Waals surface area contributed by atoms with Crippen LogP contribution in [-0.4, -0.2) is 30.8 Å². The first-order valence-electron chi connectivity index (χ1n) is 7.59. The number of nitrogens with zero attached hydrogens (tertiary/aromatic N) is 4. The van der Waals surface area contributed by atoms with E-state index in [-0.39, 0.29) is 17.6 Å². The lowest BCUT2D eigenvalue weighted by atomic mass is 9.86. The molecule has 0 saturated carbocycles. The normalized spacial score (nSPS) is 16.5. The number of aromatic hydroxyl groups is 1. The molecule has 0 saturated heterocycles. The van der Waals surface area contributed by atoms with Gasteiger partial charge in [0.25, 0.3) is 5.95 Å². The molecular formula is C17H15N5O2. The van der Waals surface area contributed by atoms with E-state index in [9.17, 15) is 9.90 Å². The van der Waals surface area contributed by atoms with Crippen LogP contribution < -0.4 is 5.32 Å². The van der Waals surface area contributed by atoms with Crippen LogP contribution in [0.15, 0.2) is 42.7 Å². The Morgan fingerprint density at radius 1 is 1.21 bits per heavy atom. The number of aryl methyl sites for hydroxylation is 1. The number of nitrogens with one attached hydrogen (secondary N) is 1. The zero-order valence-electron chi connectivity index (χ0n) is 13.0. The van der Waals surface area contributed by atoms with E-state index in [1.54, 1.807) is 35.3 Å². The van der Waals surface area contributed by atoms with Crippen molar-refractivity contribution in [1.29, 1.82) is 0 Å². The number of hydrogen-bond acceptors (Lipinski definition) is 5. The van der Waals surface area contributed by atoms with Crippen LogP contribution in [0.1, 0.15) is 29.2 Å². The molecule has 7 nitrogen and oxygen atoms in total. The summed E-state index contributed by atoms with van der Waals surface area (Å²) >= 11 is 0. The highest BCUT2D eigenvalue weighted by Crippen LogP contribution is 2.40. The minimum atomic E-state index is -0.119. The molecule has 7 heteroatoms. The van der Waals surface area contributed by atoms with Crippen molar-refractivity contribution in [2.24, 2.45) is 0 Å². The van der Waals surface area contributed by atoms with Gasteiger partial charge in [-0.25, -0.2) is 9.97 Å². The van der Waals surface area contributed by atoms with Crippen LogP contribution in [0.2, 0.25) is 0 Å². The molecule has 0 unspecified atom stereocenters. The molecule has 2 N–H and O–H groups in total. The highest BCUT2D eigenvalue weighted by atomic mass is 16.3. The van der Waals surface area contributed by atoms with Gasteiger partial charge in [0.15, 0.2) is 0 Å². The summed E-state index contributed by atoms with van der Waals surface area (Å²) in [6.07, 6.45) is 3.60. The molecule has 1 aliphatic rings. The van der Waals surface area contributed by atoms with Crippen LogP contribution in [0.5, 0.6) is 5.75 Å². The first kappa shape index (κ1) is 14.4. The maximum absolute atomic E-state index is 12.2. The lowest BCUT2D eigenvalue weighted by Crippen LogP contribution is -2.25. The highest BCUT2D eigenvalue weighted by molar-refractivity contribution is 5.95. The zero-order chi connectivity index (χ0) is 16.7. The molecule has 4 rings (SSSR count). The van der Waals surface area contributed by atoms with Crippen molar-refractivity contribution in [2.45, 2.75) is 19.3 Å². The number of fused-ring (bicyclic) bond motifs is 1. The first-order valence-corrected chi connectivity index (χ1v) is 7.59. The molecule has 0 aliphatic carbocycles. The SMILES string of the molecule is Cc1nn(-c2ncccn2)c2c1[C@@H](c1ccc(O)cc1)CC(=O)N2. The third-order valence-electron chi connectivity index (χ3n) is 4.14. The molecule has 0 bridgehead atoms. The quantitative estimate of drug-likeness (QED) is 0.754. The minimum absolute atomic E-state index is 0.0855. The molecule has 2 aromatic heterocycles. The second-order valence-corrected chi connectivity index (χ2v) is 5.70. The first-order chi connectivity index (χ1) is 11.6. The van der Waals surface area contributed by atoms with E-state index in [0.29, 0.717) is 18.2 Å². The number of phenols is 1. The third-order valence-corrected chi connectivity index (χ3v) is 4.14. The highest BCUT2D eigenvalue weighted by Gasteiger charge is 2.33. The minimum Gasteiger partial charge on any atom is -0.508 e. The standard InChI is InChI=1S/C17H15N5O2/c1-10-15-13(11-3-5-12(23)6-4-11)9-14(24)20-16(15)22(21-10)17-18-7-2-8-19-17/h2-8,13,23H,9H2,1H3,(H,20,24)/t13-/m1/s1. The van der Waals surface area contributed by atoms with E-state index in [1.807, 2.05) is 19.1 Å². The fourth-order valence-electron chi connectivity index (χ4n) is 3.08. The van der Waals surface area contributed by atoms with Gasteiger partial charge in [0.1, 0.15) is 11.6 Å². The van der Waals surface area contributed by atoms with Crippen molar-refractivity contribution in [3.05, 3.63) is 59.5 Å². The van der Waals surface area contributed by atoms with Gasteiger partial charge in [-0.3, -0.25) is 4.79 Å². The lowest BCUT2D eigenvalue weighted by Gasteiger charge is -2.24. The number of anilines is 1. The number of benzene rings is 1. The molecule has 1 amide bonds. The summed E-state index contributed by atoms with van der Waals surface area (Å²) in [5.74, 6) is 1.01. The molecule has 0 fully saturated rings. The Morgan fingerprint density at radius 3 is 2.62 bits per heavy atom. The maximum atomic E-state index is 12.2. The third kappa shape index (κ3) is 2.30. The summed E-state index contributed by atoms with van der Waals surface area (Å²) in [6.45, 7) is 1.91. The van der Waals surface area contributed by atoms with Gasteiger partial charge in [-0.2, -0.15) is 9.78 Å². The Morgan fingerprint density at radius 2 is 1.92 bits per heavy atom. The van der Waals surface area contributed by atoms with Gasteiger partial charge in [-0.05, 0) is 30.7 Å². The number of amides is 1. The van der Waals surface area contributed by atoms with Gasteiger partial charge >= 0.3 is 0 Å². The number of aromatic nitrogens is 4. The van der Waals surface area contributed by atoms with Gasteiger partial charge in [0.2, 0.25) is 5.91 Å². The lowest BCUT2D eigenvalue weighted by molar-refractivity contribution is -0.116. The molecule has 1 aliphatic heterocycles. The van der Waals surface area contributed by atoms with Crippen molar-refractivity contribution in [3.63, 3.8) is 0 Å². The smallest absolute Gasteiger partial charge is 0.252 e. The van der Waals surface area contributed by atoms with Crippen LogP contribution in [-0.2, 0) is 4.79 Å². The second kappa shape index (κ2) is 5.45. The molecular weight excluding hydrogens is 306 g/mol. The van der Waals surface area contributed by atoms with E-state index in [4.69, 9.17) is 0 Å². The van der Waals surface area contributed by atoms with Crippen LogP contribution in [0, 0.1) is 6.92 Å². The predicted molar refractivity (Wildman–Crippen MR) is 87.1 cm³/mol. The van der Waals surface area contributed by atoms with E-state index in [0.717, 1.165) is 16.8 Å². The van der Waals surface area contributed by atoms with Crippen molar-refractivity contribution in [3.8, 4) is 11.7 Å². The Labute approximate surface area is 138 Å². The average Bonchev–Trinajstić information content (AvgIpc) is 2.92. The molecule has 0 spiro atoms. The van der Waals surface area contributed by atoms with E-state index in [1.165, 1.54) is 0 Å². The average molecular weight is 321 g/mol. The molecule has 3 heterocycles. The Hall–Kier alpha value is -3.22. The summed E-state index contributed by atoms with van der Waals surface area (Å²) in [7, 11) is 0. The van der Waals surface area contributed by atoms with Gasteiger partial charge in [0, 0.05) is 30.3 Å². The molecule has 24 heavy (non-hydrogen) atoms. The summed E-state index contributed by atoms with van der Waals surface area (Å²) in [6, 6.07) is 8.64. The Kier molecular flexibility index (Phi) is 3.26. The van der Waals surface area contributed by atoms with E-state index >= 15 is 0 Å². The number of hydrogen-bond donors (Lipinski definition) is 2. The van der Waals surface area contributed by atoms with Gasteiger partial charge in [-0.1, -0.05) is 12.1 Å². The van der Waals surface area contributed by atoms with Crippen molar-refractivity contribution >= 4 is 11.7 Å². The Bertz CT molecular complexity index is 903. The Balaban J connectivity index is 1.87. The molecule has 3 aromatic rings. The van der Waals surface area contributed by atoms with Crippen molar-refractivity contribution in [2.75, 3.05) is 5.32 Å². The largest absolute Gasteiger partial charge is 0.508 e. The predicted octanol–water partition coefficient (Wildman–Crippen LogP) is 2.15. The number of carbonyl (C=O) groups is 1. The van der Waals surface area contributed by atoms with Crippen LogP contribution in [0.4, 0.5) is 5.82 Å². The number of rotatable bonds is 2. The van der Waals surface area contributed by atoms with Crippen LogP contribution in [0.25, 0.3) is 5.95 Å². The summed E-state index contributed by atoms with van der Waals surface area (Å²) in [5, 5.41) is 16.9. The number of phenolic OH excluding ortho intramolecular Hbond substituents is 1.